The van der Waals surface area contributed by atoms with Crippen molar-refractivity contribution in [3.05, 3.63) is 76.0 Å². The van der Waals surface area contributed by atoms with Crippen LogP contribution in [-0.4, -0.2) is 17.3 Å². The van der Waals surface area contributed by atoms with E-state index in [4.69, 9.17) is 0 Å². The summed E-state index contributed by atoms with van der Waals surface area (Å²) in [6.45, 7) is 1.69. The fourth-order valence-corrected chi connectivity index (χ4v) is 5.61. The van der Waals surface area contributed by atoms with E-state index in [9.17, 15) is 4.79 Å². The Bertz CT molecular complexity index is 684. The number of carbonyl (C=O) groups is 1. The predicted octanol–water partition coefficient (Wildman–Crippen LogP) is 5.60. The number of thioether (sulfide) groups is 2. The third kappa shape index (κ3) is 4.10. The zero-order chi connectivity index (χ0) is 16.1. The lowest BCUT2D eigenvalue weighted by molar-refractivity contribution is -0.117. The van der Waals surface area contributed by atoms with Gasteiger partial charge in [0.1, 0.15) is 5.78 Å². The van der Waals surface area contributed by atoms with Gasteiger partial charge in [-0.1, -0.05) is 60.7 Å². The molecule has 1 aliphatic rings. The number of benzene rings is 2. The van der Waals surface area contributed by atoms with Gasteiger partial charge in [0, 0.05) is 28.1 Å². The first-order valence-electron chi connectivity index (χ1n) is 7.85. The van der Waals surface area contributed by atoms with Crippen molar-refractivity contribution >= 4 is 34.9 Å². The third-order valence-electron chi connectivity index (χ3n) is 3.90. The molecule has 1 fully saturated rings. The molecule has 0 spiro atoms. The number of hydrogen-bond donors (Lipinski definition) is 0. The normalized spacial score (nSPS) is 15.4. The van der Waals surface area contributed by atoms with Crippen LogP contribution in [-0.2, 0) is 4.79 Å². The molecule has 0 N–H and O–H groups in total. The van der Waals surface area contributed by atoms with E-state index in [1.807, 2.05) is 35.7 Å². The molecule has 2 aromatic carbocycles. The Balaban J connectivity index is 2.12. The van der Waals surface area contributed by atoms with Crippen LogP contribution in [0, 0.1) is 0 Å². The maximum Gasteiger partial charge on any atom is 0.130 e. The van der Waals surface area contributed by atoms with E-state index in [1.165, 1.54) is 20.9 Å². The van der Waals surface area contributed by atoms with Crippen molar-refractivity contribution in [1.82, 2.24) is 0 Å². The highest BCUT2D eigenvalue weighted by atomic mass is 32.2. The Hall–Kier alpha value is -1.45. The standard InChI is InChI=1S/C20H20OS2/c1-15(21)14-18(16-8-4-2-5-9-16)19(20-22-12-13-23-20)17-10-6-3-7-11-17/h2-11,18H,12-14H2,1H3. The molecule has 118 valence electrons. The van der Waals surface area contributed by atoms with E-state index in [2.05, 4.69) is 48.5 Å². The van der Waals surface area contributed by atoms with Crippen molar-refractivity contribution in [2.24, 2.45) is 0 Å². The average molecular weight is 341 g/mol. The summed E-state index contributed by atoms with van der Waals surface area (Å²) in [6, 6.07) is 21.0. The number of rotatable bonds is 5. The van der Waals surface area contributed by atoms with Crippen LogP contribution < -0.4 is 0 Å². The highest BCUT2D eigenvalue weighted by Gasteiger charge is 2.25. The van der Waals surface area contributed by atoms with Crippen LogP contribution in [0.5, 0.6) is 0 Å². The maximum absolute atomic E-state index is 11.9. The first-order valence-corrected chi connectivity index (χ1v) is 9.82. The molecule has 3 rings (SSSR count). The monoisotopic (exact) mass is 340 g/mol. The molecule has 1 heterocycles. The van der Waals surface area contributed by atoms with Crippen LogP contribution in [0.4, 0.5) is 0 Å². The second kappa shape index (κ2) is 7.89. The fourth-order valence-electron chi connectivity index (χ4n) is 2.90. The van der Waals surface area contributed by atoms with Crippen LogP contribution in [0.1, 0.15) is 30.4 Å². The molecule has 23 heavy (non-hydrogen) atoms. The molecule has 1 saturated heterocycles. The molecule has 0 radical (unpaired) electrons. The summed E-state index contributed by atoms with van der Waals surface area (Å²) in [4.78, 5) is 11.9. The van der Waals surface area contributed by atoms with Crippen LogP contribution in [0.25, 0.3) is 5.57 Å². The number of ketones is 1. The fraction of sp³-hybridized carbons (Fsp3) is 0.250. The Labute approximate surface area is 146 Å². The first-order chi connectivity index (χ1) is 11.3. The maximum atomic E-state index is 11.9. The summed E-state index contributed by atoms with van der Waals surface area (Å²) >= 11 is 3.85. The third-order valence-corrected chi connectivity index (χ3v) is 6.64. The Morgan fingerprint density at radius 3 is 2.09 bits per heavy atom. The van der Waals surface area contributed by atoms with Crippen molar-refractivity contribution in [1.29, 1.82) is 0 Å². The van der Waals surface area contributed by atoms with E-state index in [-0.39, 0.29) is 11.7 Å². The molecule has 0 saturated carbocycles. The van der Waals surface area contributed by atoms with Gasteiger partial charge in [-0.25, -0.2) is 0 Å². The molecule has 1 atom stereocenters. The number of Topliss-reactive ketones (excluding diaryl/α,β-unsaturated/α-hetero) is 1. The largest absolute Gasteiger partial charge is 0.300 e. The molecule has 0 bridgehead atoms. The van der Waals surface area contributed by atoms with E-state index >= 15 is 0 Å². The molecular formula is C20H20OS2. The Morgan fingerprint density at radius 2 is 1.52 bits per heavy atom. The van der Waals surface area contributed by atoms with Crippen molar-refractivity contribution in [3.8, 4) is 0 Å². The van der Waals surface area contributed by atoms with Gasteiger partial charge in [0.05, 0.1) is 0 Å². The summed E-state index contributed by atoms with van der Waals surface area (Å²) in [6.07, 6.45) is 0.554. The number of hydrogen-bond acceptors (Lipinski definition) is 3. The molecule has 3 heteroatoms. The summed E-state index contributed by atoms with van der Waals surface area (Å²) in [5.74, 6) is 2.67. The summed E-state index contributed by atoms with van der Waals surface area (Å²) in [5, 5.41) is 0. The molecule has 1 aliphatic heterocycles. The molecule has 0 amide bonds. The predicted molar refractivity (Wildman–Crippen MR) is 103 cm³/mol. The summed E-state index contributed by atoms with van der Waals surface area (Å²) in [7, 11) is 0. The Morgan fingerprint density at radius 1 is 0.957 bits per heavy atom. The van der Waals surface area contributed by atoms with E-state index in [0.717, 1.165) is 11.5 Å². The average Bonchev–Trinajstić information content (AvgIpc) is 3.10. The van der Waals surface area contributed by atoms with E-state index < -0.39 is 0 Å². The van der Waals surface area contributed by atoms with Crippen molar-refractivity contribution in [3.63, 3.8) is 0 Å². The highest BCUT2D eigenvalue weighted by molar-refractivity contribution is 8.25. The van der Waals surface area contributed by atoms with Gasteiger partial charge in [-0.3, -0.25) is 4.79 Å². The SMILES string of the molecule is CC(=O)CC(C(=C1SCCS1)c1ccccc1)c1ccccc1. The van der Waals surface area contributed by atoms with Gasteiger partial charge in [0.15, 0.2) is 0 Å². The van der Waals surface area contributed by atoms with E-state index in [0.29, 0.717) is 6.42 Å². The van der Waals surface area contributed by atoms with Gasteiger partial charge in [0.25, 0.3) is 0 Å². The minimum atomic E-state index is 0.129. The zero-order valence-electron chi connectivity index (χ0n) is 13.2. The van der Waals surface area contributed by atoms with E-state index in [1.54, 1.807) is 6.92 Å². The lowest BCUT2D eigenvalue weighted by Gasteiger charge is -2.22. The minimum absolute atomic E-state index is 0.129. The van der Waals surface area contributed by atoms with Gasteiger partial charge in [0.2, 0.25) is 0 Å². The first kappa shape index (κ1) is 16.4. The minimum Gasteiger partial charge on any atom is -0.300 e. The van der Waals surface area contributed by atoms with Crippen LogP contribution >= 0.6 is 23.5 Å². The van der Waals surface area contributed by atoms with Crippen LogP contribution in [0.3, 0.4) is 0 Å². The zero-order valence-corrected chi connectivity index (χ0v) is 14.8. The second-order valence-electron chi connectivity index (χ2n) is 5.63. The topological polar surface area (TPSA) is 17.1 Å². The Kier molecular flexibility index (Phi) is 5.63. The van der Waals surface area contributed by atoms with Crippen molar-refractivity contribution in [2.75, 3.05) is 11.5 Å². The smallest absolute Gasteiger partial charge is 0.130 e. The lowest BCUT2D eigenvalue weighted by Crippen LogP contribution is -2.08. The van der Waals surface area contributed by atoms with Crippen molar-refractivity contribution < 1.29 is 4.79 Å². The second-order valence-corrected chi connectivity index (χ2v) is 8.10. The molecule has 1 nitrogen and oxygen atoms in total. The lowest BCUT2D eigenvalue weighted by atomic mass is 9.84. The van der Waals surface area contributed by atoms with Gasteiger partial charge < -0.3 is 0 Å². The van der Waals surface area contributed by atoms with Gasteiger partial charge in [-0.15, -0.1) is 23.5 Å². The highest BCUT2D eigenvalue weighted by Crippen LogP contribution is 2.48. The summed E-state index contributed by atoms with van der Waals surface area (Å²) < 4.78 is 1.38. The summed E-state index contributed by atoms with van der Waals surface area (Å²) in [5.41, 5.74) is 3.78. The van der Waals surface area contributed by atoms with Crippen LogP contribution in [0.15, 0.2) is 64.9 Å². The van der Waals surface area contributed by atoms with Gasteiger partial charge >= 0.3 is 0 Å². The van der Waals surface area contributed by atoms with Gasteiger partial charge in [-0.05, 0) is 23.6 Å². The van der Waals surface area contributed by atoms with Crippen LogP contribution in [0.2, 0.25) is 0 Å². The van der Waals surface area contributed by atoms with Crippen molar-refractivity contribution in [2.45, 2.75) is 19.3 Å². The molecule has 1 unspecified atom stereocenters. The quantitative estimate of drug-likeness (QED) is 0.705. The number of allylic oxidation sites excluding steroid dienone is 1. The molecule has 0 aliphatic carbocycles. The molecule has 0 aromatic heterocycles. The molecule has 2 aromatic rings. The number of carbonyl (C=O) groups excluding carboxylic acids is 1. The van der Waals surface area contributed by atoms with Gasteiger partial charge in [-0.2, -0.15) is 0 Å². The molecular weight excluding hydrogens is 320 g/mol.